The summed E-state index contributed by atoms with van der Waals surface area (Å²) < 4.78 is 40.5. The summed E-state index contributed by atoms with van der Waals surface area (Å²) in [4.78, 5) is 3.54. The van der Waals surface area contributed by atoms with Gasteiger partial charge in [-0.15, -0.1) is 0 Å². The predicted octanol–water partition coefficient (Wildman–Crippen LogP) is 2.72. The van der Waals surface area contributed by atoms with Gasteiger partial charge in [-0.2, -0.15) is 0 Å². The number of para-hydroxylation sites is 1. The first-order chi connectivity index (χ1) is 9.85. The molecule has 0 saturated carbocycles. The number of aromatic nitrogens is 1. The van der Waals surface area contributed by atoms with Gasteiger partial charge < -0.3 is 5.43 Å². The minimum absolute atomic E-state index is 0.0213. The van der Waals surface area contributed by atoms with Gasteiger partial charge in [0.25, 0.3) is 10.0 Å². The number of pyridine rings is 1. The van der Waals surface area contributed by atoms with E-state index < -0.39 is 15.8 Å². The maximum atomic E-state index is 13.7. The number of nitrogens with one attached hydrogen (secondary N) is 2. The summed E-state index contributed by atoms with van der Waals surface area (Å²) in [6.07, 6.45) is 1.05. The summed E-state index contributed by atoms with van der Waals surface area (Å²) in [6.45, 7) is 0. The van der Waals surface area contributed by atoms with Gasteiger partial charge in [0.15, 0.2) is 5.82 Å². The van der Waals surface area contributed by atoms with Crippen LogP contribution in [-0.2, 0) is 10.0 Å². The molecule has 0 radical (unpaired) electrons. The number of hydrogen-bond donors (Lipinski definition) is 3. The van der Waals surface area contributed by atoms with E-state index in [1.165, 1.54) is 12.1 Å². The van der Waals surface area contributed by atoms with Crippen LogP contribution >= 0.6 is 27.5 Å². The molecule has 2 aromatic rings. The Balaban J connectivity index is 2.41. The van der Waals surface area contributed by atoms with Gasteiger partial charge >= 0.3 is 0 Å². The average Bonchev–Trinajstić information content (AvgIpc) is 2.43. The van der Waals surface area contributed by atoms with Crippen LogP contribution in [0.2, 0.25) is 5.02 Å². The molecule has 0 fully saturated rings. The van der Waals surface area contributed by atoms with Crippen molar-refractivity contribution >= 4 is 49.1 Å². The van der Waals surface area contributed by atoms with Crippen molar-refractivity contribution in [2.24, 2.45) is 5.84 Å². The van der Waals surface area contributed by atoms with E-state index in [-0.39, 0.29) is 25.9 Å². The standard InChI is InChI=1S/C11H9BrClFN4O2S/c12-7-2-1-3-9(14)10(7)18-21(19,20)6-4-8(13)11(17-15)16-5-6/h1-5,18H,15H2,(H,16,17). The Kier molecular flexibility index (Phi) is 4.67. The van der Waals surface area contributed by atoms with Gasteiger partial charge in [-0.05, 0) is 34.1 Å². The summed E-state index contributed by atoms with van der Waals surface area (Å²) in [5.74, 6) is 4.57. The number of nitrogen functional groups attached to an aromatic ring is 1. The van der Waals surface area contributed by atoms with Crippen LogP contribution in [0.4, 0.5) is 15.9 Å². The molecule has 0 bridgehead atoms. The van der Waals surface area contributed by atoms with Crippen LogP contribution in [0.5, 0.6) is 0 Å². The van der Waals surface area contributed by atoms with Gasteiger partial charge in [-0.3, -0.25) is 4.72 Å². The van der Waals surface area contributed by atoms with E-state index in [9.17, 15) is 12.8 Å². The number of nitrogens with zero attached hydrogens (tertiary/aromatic N) is 1. The molecule has 0 unspecified atom stereocenters. The lowest BCUT2D eigenvalue weighted by atomic mass is 10.3. The molecule has 0 spiro atoms. The van der Waals surface area contributed by atoms with Gasteiger partial charge in [-0.25, -0.2) is 23.6 Å². The SMILES string of the molecule is NNc1ncc(S(=O)(=O)Nc2c(F)cccc2Br)cc1Cl. The number of rotatable bonds is 4. The number of sulfonamides is 1. The lowest BCUT2D eigenvalue weighted by Crippen LogP contribution is -2.16. The fourth-order valence-corrected chi connectivity index (χ4v) is 3.38. The van der Waals surface area contributed by atoms with E-state index in [1.54, 1.807) is 0 Å². The van der Waals surface area contributed by atoms with Crippen LogP contribution in [0.25, 0.3) is 0 Å². The highest BCUT2D eigenvalue weighted by Crippen LogP contribution is 2.29. The first kappa shape index (κ1) is 16.0. The fraction of sp³-hybridized carbons (Fsp3) is 0. The van der Waals surface area contributed by atoms with Crippen LogP contribution in [0.3, 0.4) is 0 Å². The van der Waals surface area contributed by atoms with E-state index in [0.717, 1.165) is 18.3 Å². The van der Waals surface area contributed by atoms with Crippen molar-refractivity contribution < 1.29 is 12.8 Å². The number of nitrogens with two attached hydrogens (primary N) is 1. The zero-order chi connectivity index (χ0) is 15.6. The van der Waals surface area contributed by atoms with Crippen molar-refractivity contribution in [1.82, 2.24) is 4.98 Å². The van der Waals surface area contributed by atoms with Crippen LogP contribution in [0, 0.1) is 5.82 Å². The van der Waals surface area contributed by atoms with Crippen LogP contribution < -0.4 is 16.0 Å². The van der Waals surface area contributed by atoms with E-state index in [1.807, 2.05) is 0 Å². The van der Waals surface area contributed by atoms with Crippen molar-refractivity contribution in [3.63, 3.8) is 0 Å². The van der Waals surface area contributed by atoms with Crippen molar-refractivity contribution in [2.75, 3.05) is 10.1 Å². The van der Waals surface area contributed by atoms with E-state index in [2.05, 4.69) is 31.1 Å². The molecule has 0 amide bonds. The third-order valence-corrected chi connectivity index (χ3v) is 4.73. The topological polar surface area (TPSA) is 97.1 Å². The van der Waals surface area contributed by atoms with E-state index >= 15 is 0 Å². The Morgan fingerprint density at radius 3 is 2.67 bits per heavy atom. The quantitative estimate of drug-likeness (QED) is 0.546. The molecule has 1 heterocycles. The molecule has 0 aliphatic heterocycles. The van der Waals surface area contributed by atoms with Gasteiger partial charge in [0.05, 0.1) is 10.7 Å². The maximum absolute atomic E-state index is 13.7. The second kappa shape index (κ2) is 6.14. The third-order valence-electron chi connectivity index (χ3n) is 2.46. The second-order valence-corrected chi connectivity index (χ2v) is 6.79. The molecular weight excluding hydrogens is 387 g/mol. The molecule has 0 aliphatic rings. The highest BCUT2D eigenvalue weighted by molar-refractivity contribution is 9.10. The molecule has 10 heteroatoms. The Morgan fingerprint density at radius 2 is 2.10 bits per heavy atom. The number of benzene rings is 1. The highest BCUT2D eigenvalue weighted by atomic mass is 79.9. The zero-order valence-electron chi connectivity index (χ0n) is 10.3. The van der Waals surface area contributed by atoms with Crippen LogP contribution in [0.1, 0.15) is 0 Å². The molecule has 0 aliphatic carbocycles. The molecule has 4 N–H and O–H groups in total. The van der Waals surface area contributed by atoms with Crippen molar-refractivity contribution in [3.05, 3.63) is 45.8 Å². The minimum atomic E-state index is -4.04. The Labute approximate surface area is 133 Å². The number of hydrogen-bond acceptors (Lipinski definition) is 5. The van der Waals surface area contributed by atoms with Crippen molar-refractivity contribution in [3.8, 4) is 0 Å². The van der Waals surface area contributed by atoms with Gasteiger partial charge in [0, 0.05) is 10.7 Å². The van der Waals surface area contributed by atoms with E-state index in [4.69, 9.17) is 17.4 Å². The third kappa shape index (κ3) is 3.43. The lowest BCUT2D eigenvalue weighted by Gasteiger charge is -2.11. The average molecular weight is 396 g/mol. The Hall–Kier alpha value is -1.42. The highest BCUT2D eigenvalue weighted by Gasteiger charge is 2.19. The smallest absolute Gasteiger partial charge is 0.263 e. The molecule has 1 aromatic heterocycles. The first-order valence-electron chi connectivity index (χ1n) is 5.44. The largest absolute Gasteiger partial charge is 0.307 e. The summed E-state index contributed by atoms with van der Waals surface area (Å²) in [6, 6.07) is 5.24. The molecule has 0 atom stereocenters. The Bertz CT molecular complexity index is 768. The summed E-state index contributed by atoms with van der Waals surface area (Å²) in [5.41, 5.74) is 2.02. The zero-order valence-corrected chi connectivity index (χ0v) is 13.4. The lowest BCUT2D eigenvalue weighted by molar-refractivity contribution is 0.598. The number of anilines is 2. The molecule has 1 aromatic carbocycles. The summed E-state index contributed by atoms with van der Waals surface area (Å²) >= 11 is 8.89. The van der Waals surface area contributed by atoms with Crippen molar-refractivity contribution in [2.45, 2.75) is 4.90 Å². The van der Waals surface area contributed by atoms with Crippen LogP contribution in [-0.4, -0.2) is 13.4 Å². The predicted molar refractivity (Wildman–Crippen MR) is 82.0 cm³/mol. The maximum Gasteiger partial charge on any atom is 0.263 e. The Morgan fingerprint density at radius 1 is 1.38 bits per heavy atom. The van der Waals surface area contributed by atoms with E-state index in [0.29, 0.717) is 0 Å². The van der Waals surface area contributed by atoms with Crippen LogP contribution in [0.15, 0.2) is 39.8 Å². The second-order valence-electron chi connectivity index (χ2n) is 3.85. The monoisotopic (exact) mass is 394 g/mol. The van der Waals surface area contributed by atoms with Crippen molar-refractivity contribution in [1.29, 1.82) is 0 Å². The number of halogens is 3. The fourth-order valence-electron chi connectivity index (χ4n) is 1.46. The molecular formula is C11H9BrClFN4O2S. The number of hydrazine groups is 1. The molecule has 2 rings (SSSR count). The van der Waals surface area contributed by atoms with Gasteiger partial charge in [-0.1, -0.05) is 17.7 Å². The first-order valence-corrected chi connectivity index (χ1v) is 8.09. The van der Waals surface area contributed by atoms with Gasteiger partial charge in [0.1, 0.15) is 10.7 Å². The molecule has 112 valence electrons. The molecule has 21 heavy (non-hydrogen) atoms. The molecule has 0 saturated heterocycles. The minimum Gasteiger partial charge on any atom is -0.307 e. The van der Waals surface area contributed by atoms with Gasteiger partial charge in [0.2, 0.25) is 0 Å². The summed E-state index contributed by atoms with van der Waals surface area (Å²) in [7, 11) is -4.04. The normalized spacial score (nSPS) is 11.2. The molecule has 6 nitrogen and oxygen atoms in total. The summed E-state index contributed by atoms with van der Waals surface area (Å²) in [5, 5.41) is 0.0213.